The van der Waals surface area contributed by atoms with Crippen LogP contribution in [-0.2, 0) is 9.53 Å². The lowest BCUT2D eigenvalue weighted by atomic mass is 9.93. The Morgan fingerprint density at radius 3 is 2.56 bits per heavy atom. The zero-order valence-electron chi connectivity index (χ0n) is 18.9. The smallest absolute Gasteiger partial charge is 0.296 e. The molecule has 1 amide bonds. The van der Waals surface area contributed by atoms with Crippen molar-refractivity contribution in [3.8, 4) is 0 Å². The zero-order chi connectivity index (χ0) is 23.7. The van der Waals surface area contributed by atoms with Crippen molar-refractivity contribution < 1.29 is 18.9 Å². The third kappa shape index (κ3) is 7.23. The maximum absolute atomic E-state index is 14.8. The van der Waals surface area contributed by atoms with Crippen LogP contribution in [0, 0.1) is 10.1 Å². The van der Waals surface area contributed by atoms with E-state index in [1.165, 1.54) is 19.2 Å². The Kier molecular flexibility index (Phi) is 10.5. The van der Waals surface area contributed by atoms with Gasteiger partial charge in [-0.1, -0.05) is 30.2 Å². The minimum absolute atomic E-state index is 0.160. The number of benzene rings is 1. The van der Waals surface area contributed by atoms with E-state index in [4.69, 9.17) is 4.74 Å². The van der Waals surface area contributed by atoms with Crippen LogP contribution < -0.4 is 9.84 Å². The predicted octanol–water partition coefficient (Wildman–Crippen LogP) is 4.75. The number of ether oxygens (including phenoxy) is 1. The Balaban J connectivity index is 2.08. The summed E-state index contributed by atoms with van der Waals surface area (Å²) in [5.74, 6) is -0.248. The van der Waals surface area contributed by atoms with Crippen LogP contribution in [0.15, 0.2) is 23.1 Å². The quantitative estimate of drug-likeness (QED) is 0.0884. The molecule has 1 aliphatic carbocycles. The van der Waals surface area contributed by atoms with E-state index >= 15 is 0 Å². The zero-order valence-corrected chi connectivity index (χ0v) is 20.6. The van der Waals surface area contributed by atoms with Gasteiger partial charge >= 0.3 is 0 Å². The molecule has 1 N–H and O–H groups in total. The summed E-state index contributed by atoms with van der Waals surface area (Å²) in [5, 5.41) is 11.1. The maximum atomic E-state index is 14.8. The number of nitro groups is 1. The fourth-order valence-corrected chi connectivity index (χ4v) is 4.79. The van der Waals surface area contributed by atoms with Crippen LogP contribution in [0.25, 0.3) is 0 Å². The average Bonchev–Trinajstić information content (AvgIpc) is 3.03. The number of halogens is 1. The number of hydrogen-bond acceptors (Lipinski definition) is 8. The first kappa shape index (κ1) is 26.7. The lowest BCUT2D eigenvalue weighted by molar-refractivity contribution is -0.384. The number of anilines is 1. The number of carbonyl (C=O) groups is 1. The molecule has 8 nitrogen and oxygen atoms in total. The van der Waals surface area contributed by atoms with Gasteiger partial charge in [0.15, 0.2) is 0 Å². The van der Waals surface area contributed by atoms with Gasteiger partial charge < -0.3 is 9.64 Å². The second kappa shape index (κ2) is 12.6. The molecular weight excluding hydrogens is 455 g/mol. The molecule has 2 rings (SSSR count). The number of hydrogen-bond donors (Lipinski definition) is 2. The fraction of sp³-hybridized carbons (Fsp3) is 0.667. The molecule has 11 heteroatoms. The number of amides is 1. The fourth-order valence-electron chi connectivity index (χ4n) is 3.78. The van der Waals surface area contributed by atoms with Crippen molar-refractivity contribution in [2.75, 3.05) is 32.9 Å². The first-order chi connectivity index (χ1) is 15.2. The van der Waals surface area contributed by atoms with Crippen LogP contribution in [0.5, 0.6) is 0 Å². The number of rotatable bonds is 11. The summed E-state index contributed by atoms with van der Waals surface area (Å²) in [5.41, 5.74) is -1.42. The van der Waals surface area contributed by atoms with E-state index in [-0.39, 0.29) is 17.3 Å². The van der Waals surface area contributed by atoms with Crippen molar-refractivity contribution in [3.63, 3.8) is 0 Å². The van der Waals surface area contributed by atoms with E-state index in [0.717, 1.165) is 44.2 Å². The molecule has 1 atom stereocenters. The molecule has 0 heterocycles. The van der Waals surface area contributed by atoms with E-state index < -0.39 is 15.9 Å². The average molecular weight is 489 g/mol. The third-order valence-corrected chi connectivity index (χ3v) is 6.92. The highest BCUT2D eigenvalue weighted by Gasteiger charge is 2.38. The second-order valence-corrected chi connectivity index (χ2v) is 9.77. The van der Waals surface area contributed by atoms with Crippen molar-refractivity contribution >= 4 is 41.9 Å². The number of methoxy groups -OCH3 is 1. The molecule has 1 aromatic rings. The summed E-state index contributed by atoms with van der Waals surface area (Å²) in [6, 6.07) is 4.16. The van der Waals surface area contributed by atoms with Crippen LogP contribution >= 0.6 is 24.6 Å². The van der Waals surface area contributed by atoms with Gasteiger partial charge in [0.1, 0.15) is 16.7 Å². The van der Waals surface area contributed by atoms with Crippen LogP contribution in [0.4, 0.5) is 15.9 Å². The minimum atomic E-state index is -0.878. The summed E-state index contributed by atoms with van der Waals surface area (Å²) >= 11 is 5.24. The molecule has 180 valence electrons. The minimum Gasteiger partial charge on any atom is -0.368 e. The van der Waals surface area contributed by atoms with Crippen molar-refractivity contribution in [1.82, 2.24) is 9.62 Å². The highest BCUT2D eigenvalue weighted by atomic mass is 32.2. The number of carbonyl (C=O) groups excluding carboxylic acids is 1. The Morgan fingerprint density at radius 1 is 1.34 bits per heavy atom. The molecule has 0 spiro atoms. The number of nitrogens with one attached hydrogen (secondary N) is 1. The summed E-state index contributed by atoms with van der Waals surface area (Å²) < 4.78 is 23.2. The molecule has 32 heavy (non-hydrogen) atoms. The Bertz CT molecular complexity index is 776. The van der Waals surface area contributed by atoms with E-state index in [2.05, 4.69) is 17.4 Å². The summed E-state index contributed by atoms with van der Waals surface area (Å²) in [6.07, 6.45) is 6.39. The molecule has 0 aromatic heterocycles. The van der Waals surface area contributed by atoms with Gasteiger partial charge in [0, 0.05) is 18.1 Å². The van der Waals surface area contributed by atoms with E-state index in [9.17, 15) is 19.4 Å². The maximum Gasteiger partial charge on any atom is 0.296 e. The first-order valence-electron chi connectivity index (χ1n) is 10.8. The Morgan fingerprint density at radius 2 is 2.00 bits per heavy atom. The van der Waals surface area contributed by atoms with Gasteiger partial charge in [-0.05, 0) is 70.4 Å². The van der Waals surface area contributed by atoms with Gasteiger partial charge in [0.05, 0.1) is 4.92 Å². The van der Waals surface area contributed by atoms with Gasteiger partial charge in [-0.3, -0.25) is 19.6 Å². The predicted molar refractivity (Wildman–Crippen MR) is 129 cm³/mol. The third-order valence-electron chi connectivity index (χ3n) is 5.68. The Hall–Kier alpha value is -1.56. The highest BCUT2D eigenvalue weighted by Crippen LogP contribution is 2.36. The molecule has 0 saturated heterocycles. The largest absolute Gasteiger partial charge is 0.368 e. The van der Waals surface area contributed by atoms with Crippen LogP contribution in [0.3, 0.4) is 0 Å². The van der Waals surface area contributed by atoms with E-state index in [1.807, 2.05) is 19.0 Å². The SMILES string of the molecule is COC1(C(=O)NSc2ccc(N(F)C(S)CCCN(C)C)c([N+](=O)[O-])c2)CCCCCC1. The molecule has 1 aromatic carbocycles. The molecule has 0 aliphatic heterocycles. The van der Waals surface area contributed by atoms with Crippen LogP contribution in [-0.4, -0.2) is 54.5 Å². The lowest BCUT2D eigenvalue weighted by Gasteiger charge is -2.29. The van der Waals surface area contributed by atoms with Crippen molar-refractivity contribution in [3.05, 3.63) is 28.3 Å². The summed E-state index contributed by atoms with van der Waals surface area (Å²) in [6.45, 7) is 0.769. The molecule has 1 aliphatic rings. The van der Waals surface area contributed by atoms with Gasteiger partial charge in [0.25, 0.3) is 11.6 Å². The van der Waals surface area contributed by atoms with Crippen molar-refractivity contribution in [2.45, 2.75) is 67.2 Å². The lowest BCUT2D eigenvalue weighted by Crippen LogP contribution is -2.45. The topological polar surface area (TPSA) is 88.0 Å². The summed E-state index contributed by atoms with van der Waals surface area (Å²) in [4.78, 5) is 26.2. The summed E-state index contributed by atoms with van der Waals surface area (Å²) in [7, 11) is 5.38. The number of nitrogens with zero attached hydrogens (tertiary/aromatic N) is 3. The Labute approximate surface area is 198 Å². The van der Waals surface area contributed by atoms with E-state index in [1.54, 1.807) is 6.07 Å². The highest BCUT2D eigenvalue weighted by molar-refractivity contribution is 7.98. The van der Waals surface area contributed by atoms with Crippen LogP contribution in [0.2, 0.25) is 0 Å². The second-order valence-electron chi connectivity index (χ2n) is 8.29. The van der Waals surface area contributed by atoms with Crippen LogP contribution in [0.1, 0.15) is 51.4 Å². The van der Waals surface area contributed by atoms with Gasteiger partial charge in [-0.25, -0.2) is 0 Å². The molecular formula is C21H33FN4O4S2. The van der Waals surface area contributed by atoms with Crippen molar-refractivity contribution in [2.24, 2.45) is 0 Å². The monoisotopic (exact) mass is 488 g/mol. The first-order valence-corrected chi connectivity index (χ1v) is 12.1. The molecule has 1 fully saturated rings. The molecule has 0 bridgehead atoms. The normalized spacial score (nSPS) is 16.9. The number of nitro benzene ring substituents is 1. The molecule has 0 radical (unpaired) electrons. The van der Waals surface area contributed by atoms with Crippen molar-refractivity contribution in [1.29, 1.82) is 0 Å². The van der Waals surface area contributed by atoms with Gasteiger partial charge in [-0.15, -0.1) is 0 Å². The standard InChI is InChI=1S/C21H33FN4O4S2/c1-24(2)14-8-9-19(31)25(22)17-11-10-16(15-18(17)26(28)29)32-23-20(27)21(30-3)12-6-4-5-7-13-21/h10-11,15,19,31H,4-9,12-14H2,1-3H3,(H,23,27). The van der Waals surface area contributed by atoms with Gasteiger partial charge in [-0.2, -0.15) is 17.8 Å². The molecule has 1 saturated carbocycles. The van der Waals surface area contributed by atoms with Gasteiger partial charge in [0.2, 0.25) is 0 Å². The van der Waals surface area contributed by atoms with E-state index in [0.29, 0.717) is 35.7 Å². The molecule has 1 unspecified atom stereocenters. The number of thiol groups is 1.